The Kier molecular flexibility index (Phi) is 6.62. The van der Waals surface area contributed by atoms with Crippen LogP contribution in [0.15, 0.2) is 59.1 Å². The summed E-state index contributed by atoms with van der Waals surface area (Å²) in [6.45, 7) is 3.20. The minimum atomic E-state index is -0.0702. The molecule has 2 aromatic carbocycles. The van der Waals surface area contributed by atoms with E-state index in [9.17, 15) is 4.79 Å². The van der Waals surface area contributed by atoms with Crippen LogP contribution in [0.5, 0.6) is 11.5 Å². The molecule has 0 saturated carbocycles. The smallest absolute Gasteiger partial charge is 0.264 e. The molecule has 0 saturated heterocycles. The molecule has 1 heterocycles. The van der Waals surface area contributed by atoms with Gasteiger partial charge in [-0.1, -0.05) is 23.4 Å². The molecule has 0 N–H and O–H groups in total. The Bertz CT molecular complexity index is 878. The van der Waals surface area contributed by atoms with E-state index >= 15 is 0 Å². The number of hydrogen-bond acceptors (Lipinski definition) is 6. The lowest BCUT2D eigenvalue weighted by Crippen LogP contribution is -2.29. The lowest BCUT2D eigenvalue weighted by Gasteiger charge is -2.16. The number of para-hydroxylation sites is 1. The monoisotopic (exact) mass is 381 g/mol. The number of carbonyl (C=O) groups excluding carboxylic acids is 1. The number of amides is 1. The van der Waals surface area contributed by atoms with Gasteiger partial charge in [0.15, 0.2) is 12.4 Å². The second-order valence-corrected chi connectivity index (χ2v) is 6.14. The molecule has 0 fully saturated rings. The van der Waals surface area contributed by atoms with Crippen molar-refractivity contribution in [2.75, 3.05) is 20.2 Å². The summed E-state index contributed by atoms with van der Waals surface area (Å²) in [4.78, 5) is 18.4. The van der Waals surface area contributed by atoms with Gasteiger partial charge in [-0.25, -0.2) is 0 Å². The number of carbonyl (C=O) groups is 1. The van der Waals surface area contributed by atoms with E-state index in [4.69, 9.17) is 14.0 Å². The summed E-state index contributed by atoms with van der Waals surface area (Å²) in [5.74, 6) is 2.36. The van der Waals surface area contributed by atoms with Crippen molar-refractivity contribution in [3.63, 3.8) is 0 Å². The molecule has 0 bridgehead atoms. The Balaban J connectivity index is 1.48. The first kappa shape index (κ1) is 19.4. The van der Waals surface area contributed by atoms with Crippen LogP contribution >= 0.6 is 0 Å². The quantitative estimate of drug-likeness (QED) is 0.566. The second kappa shape index (κ2) is 9.55. The Morgan fingerprint density at radius 3 is 2.46 bits per heavy atom. The van der Waals surface area contributed by atoms with Crippen molar-refractivity contribution in [3.8, 4) is 11.5 Å². The minimum absolute atomic E-state index is 0.0702. The predicted octanol–water partition coefficient (Wildman–Crippen LogP) is 3.36. The Morgan fingerprint density at radius 1 is 1.04 bits per heavy atom. The lowest BCUT2D eigenvalue weighted by atomic mass is 10.2. The minimum Gasteiger partial charge on any atom is -0.494 e. The summed E-state index contributed by atoms with van der Waals surface area (Å²) in [6, 6.07) is 16.5. The maximum absolute atomic E-state index is 12.5. The fourth-order valence-corrected chi connectivity index (χ4v) is 2.56. The maximum atomic E-state index is 12.5. The van der Waals surface area contributed by atoms with Crippen LogP contribution in [0, 0.1) is 0 Å². The van der Waals surface area contributed by atoms with Gasteiger partial charge in [-0.15, -0.1) is 0 Å². The van der Waals surface area contributed by atoms with E-state index in [0.717, 1.165) is 11.5 Å². The van der Waals surface area contributed by atoms with Crippen LogP contribution in [0.2, 0.25) is 0 Å². The van der Waals surface area contributed by atoms with Crippen molar-refractivity contribution >= 4 is 5.91 Å². The van der Waals surface area contributed by atoms with Gasteiger partial charge in [0.1, 0.15) is 11.5 Å². The summed E-state index contributed by atoms with van der Waals surface area (Å²) < 4.78 is 16.2. The van der Waals surface area contributed by atoms with Crippen molar-refractivity contribution in [1.82, 2.24) is 15.0 Å². The molecule has 3 aromatic rings. The van der Waals surface area contributed by atoms with Crippen LogP contribution in [-0.2, 0) is 13.0 Å². The Labute approximate surface area is 163 Å². The zero-order valence-electron chi connectivity index (χ0n) is 16.0. The van der Waals surface area contributed by atoms with E-state index in [1.54, 1.807) is 36.2 Å². The molecule has 0 aliphatic rings. The molecule has 0 aliphatic heterocycles. The van der Waals surface area contributed by atoms with E-state index in [0.29, 0.717) is 36.9 Å². The topological polar surface area (TPSA) is 77.7 Å². The van der Waals surface area contributed by atoms with Crippen LogP contribution in [0.1, 0.15) is 29.0 Å². The molecule has 3 rings (SSSR count). The third-order valence-corrected chi connectivity index (χ3v) is 4.05. The van der Waals surface area contributed by atoms with Gasteiger partial charge in [0.05, 0.1) is 6.61 Å². The van der Waals surface area contributed by atoms with Crippen molar-refractivity contribution in [2.24, 2.45) is 0 Å². The molecule has 7 heteroatoms. The average molecular weight is 381 g/mol. The highest BCUT2D eigenvalue weighted by Crippen LogP contribution is 2.14. The van der Waals surface area contributed by atoms with E-state index in [2.05, 4.69) is 10.1 Å². The highest BCUT2D eigenvalue weighted by molar-refractivity contribution is 5.94. The predicted molar refractivity (Wildman–Crippen MR) is 103 cm³/mol. The van der Waals surface area contributed by atoms with E-state index < -0.39 is 0 Å². The van der Waals surface area contributed by atoms with Gasteiger partial charge in [0, 0.05) is 25.6 Å². The molecular weight excluding hydrogens is 358 g/mol. The van der Waals surface area contributed by atoms with Crippen molar-refractivity contribution in [1.29, 1.82) is 0 Å². The van der Waals surface area contributed by atoms with Crippen molar-refractivity contribution in [3.05, 3.63) is 71.9 Å². The molecule has 1 aromatic heterocycles. The molecule has 0 radical (unpaired) electrons. The fourth-order valence-electron chi connectivity index (χ4n) is 2.56. The van der Waals surface area contributed by atoms with Crippen LogP contribution < -0.4 is 9.47 Å². The van der Waals surface area contributed by atoms with E-state index in [1.807, 2.05) is 37.3 Å². The SMILES string of the molecule is CCOc1ccc(C(=O)N(C)CCc2noc(COc3ccccc3)n2)cc1. The third-order valence-electron chi connectivity index (χ3n) is 4.05. The molecule has 7 nitrogen and oxygen atoms in total. The summed E-state index contributed by atoms with van der Waals surface area (Å²) in [5.41, 5.74) is 0.607. The molecular formula is C21H23N3O4. The number of benzene rings is 2. The second-order valence-electron chi connectivity index (χ2n) is 6.14. The van der Waals surface area contributed by atoms with Crippen molar-refractivity contribution in [2.45, 2.75) is 20.0 Å². The molecule has 0 atom stereocenters. The number of aromatic nitrogens is 2. The van der Waals surface area contributed by atoms with E-state index in [-0.39, 0.29) is 12.5 Å². The lowest BCUT2D eigenvalue weighted by molar-refractivity contribution is 0.0795. The summed E-state index contributed by atoms with van der Waals surface area (Å²) in [6.07, 6.45) is 0.494. The number of rotatable bonds is 9. The first-order valence-electron chi connectivity index (χ1n) is 9.13. The molecule has 0 aliphatic carbocycles. The van der Waals surface area contributed by atoms with Gasteiger partial charge >= 0.3 is 0 Å². The number of likely N-dealkylation sites (N-methyl/N-ethyl adjacent to an activating group) is 1. The van der Waals surface area contributed by atoms with Gasteiger partial charge in [-0.3, -0.25) is 4.79 Å². The summed E-state index contributed by atoms with van der Waals surface area (Å²) in [5, 5.41) is 3.94. The Morgan fingerprint density at radius 2 is 1.75 bits per heavy atom. The number of hydrogen-bond donors (Lipinski definition) is 0. The molecule has 146 valence electrons. The van der Waals surface area contributed by atoms with Crippen LogP contribution in [0.25, 0.3) is 0 Å². The summed E-state index contributed by atoms with van der Waals surface area (Å²) >= 11 is 0. The first-order valence-corrected chi connectivity index (χ1v) is 9.13. The van der Waals surface area contributed by atoms with Gasteiger partial charge in [-0.05, 0) is 43.3 Å². The fraction of sp³-hybridized carbons (Fsp3) is 0.286. The van der Waals surface area contributed by atoms with Gasteiger partial charge in [0.25, 0.3) is 11.8 Å². The van der Waals surface area contributed by atoms with Crippen LogP contribution in [-0.4, -0.2) is 41.1 Å². The molecule has 1 amide bonds. The van der Waals surface area contributed by atoms with Gasteiger partial charge in [0.2, 0.25) is 0 Å². The van der Waals surface area contributed by atoms with Crippen LogP contribution in [0.3, 0.4) is 0 Å². The maximum Gasteiger partial charge on any atom is 0.264 e. The molecule has 0 spiro atoms. The largest absolute Gasteiger partial charge is 0.494 e. The summed E-state index contributed by atoms with van der Waals surface area (Å²) in [7, 11) is 1.75. The standard InChI is InChI=1S/C21H23N3O4/c1-3-26-18-11-9-16(10-12-18)21(25)24(2)14-13-19-22-20(28-23-19)15-27-17-7-5-4-6-8-17/h4-12H,3,13-15H2,1-2H3. The van der Waals surface area contributed by atoms with Crippen molar-refractivity contribution < 1.29 is 18.8 Å². The van der Waals surface area contributed by atoms with E-state index in [1.165, 1.54) is 0 Å². The van der Waals surface area contributed by atoms with Gasteiger partial charge < -0.3 is 18.9 Å². The average Bonchev–Trinajstić information content (AvgIpc) is 3.19. The molecule has 28 heavy (non-hydrogen) atoms. The first-order chi connectivity index (χ1) is 13.7. The third kappa shape index (κ3) is 5.33. The van der Waals surface area contributed by atoms with Gasteiger partial charge in [-0.2, -0.15) is 4.98 Å². The zero-order valence-corrected chi connectivity index (χ0v) is 16.0. The normalized spacial score (nSPS) is 10.5. The highest BCUT2D eigenvalue weighted by atomic mass is 16.5. The molecule has 0 unspecified atom stereocenters. The van der Waals surface area contributed by atoms with Crippen LogP contribution in [0.4, 0.5) is 0 Å². The number of nitrogens with zero attached hydrogens (tertiary/aromatic N) is 3. The highest BCUT2D eigenvalue weighted by Gasteiger charge is 2.14. The Hall–Kier alpha value is -3.35. The zero-order chi connectivity index (χ0) is 19.8. The number of ether oxygens (including phenoxy) is 2.